The van der Waals surface area contributed by atoms with Crippen molar-refractivity contribution in [3.63, 3.8) is 0 Å². The summed E-state index contributed by atoms with van der Waals surface area (Å²) in [4.78, 5) is 46.4. The molecule has 1 saturated carbocycles. The Kier molecular flexibility index (Phi) is 32.2. The van der Waals surface area contributed by atoms with E-state index in [4.69, 9.17) is 20.8 Å². The second-order valence-corrected chi connectivity index (χ2v) is 30.8. The van der Waals surface area contributed by atoms with Gasteiger partial charge in [0.25, 0.3) is 0 Å². The van der Waals surface area contributed by atoms with Crippen LogP contribution >= 0.6 is 91.3 Å². The number of pyridine rings is 1. The molecule has 1 aliphatic carbocycles. The highest BCUT2D eigenvalue weighted by molar-refractivity contribution is 9.11. The van der Waals surface area contributed by atoms with E-state index >= 15 is 0 Å². The van der Waals surface area contributed by atoms with Crippen LogP contribution in [0.1, 0.15) is 153 Å². The summed E-state index contributed by atoms with van der Waals surface area (Å²) in [7, 11) is -1.84. The number of rotatable bonds is 14. The lowest BCUT2D eigenvalue weighted by atomic mass is 9.89. The van der Waals surface area contributed by atoms with Crippen LogP contribution in [0.3, 0.4) is 0 Å². The van der Waals surface area contributed by atoms with Crippen molar-refractivity contribution in [1.29, 1.82) is 0 Å². The van der Waals surface area contributed by atoms with Crippen LogP contribution in [-0.2, 0) is 15.7 Å². The SMILES string of the molecule is CC(C)(C)C(O)c1ncc(Br)cn1.CC(C)(C)[Si](C)(C)OCC(O)c1ncc(Br)cn1.CCC(O)c1ncc(Br)cn1.CCCC(O)c1ncc(Br)cn1.Clc1cc(CN2CCOCC2)ccn1.OC(c1ncc(Br)cn1)C1CC1. The maximum atomic E-state index is 10.00. The van der Waals surface area contributed by atoms with Gasteiger partial charge in [-0.2, -0.15) is 0 Å². The minimum absolute atomic E-state index is 0.132. The van der Waals surface area contributed by atoms with Gasteiger partial charge in [-0.25, -0.2) is 54.8 Å². The smallest absolute Gasteiger partial charge is 0.192 e. The molecule has 5 unspecified atom stereocenters. The van der Waals surface area contributed by atoms with E-state index in [1.165, 1.54) is 5.56 Å². The number of halogens is 6. The van der Waals surface area contributed by atoms with Gasteiger partial charge in [0.05, 0.1) is 42.2 Å². The highest BCUT2D eigenvalue weighted by atomic mass is 79.9. The summed E-state index contributed by atoms with van der Waals surface area (Å²) >= 11 is 22.0. The van der Waals surface area contributed by atoms with E-state index in [0.717, 1.165) is 74.5 Å². The number of morpholine rings is 1. The average Bonchev–Trinajstić information content (AvgIpc) is 4.28. The van der Waals surface area contributed by atoms with Crippen LogP contribution in [0.15, 0.2) is 103 Å². The van der Waals surface area contributed by atoms with Crippen molar-refractivity contribution in [2.75, 3.05) is 32.9 Å². The molecule has 0 amide bonds. The van der Waals surface area contributed by atoms with Crippen molar-refractivity contribution in [2.24, 2.45) is 11.3 Å². The van der Waals surface area contributed by atoms with E-state index < -0.39 is 38.8 Å². The summed E-state index contributed by atoms with van der Waals surface area (Å²) < 4.78 is 15.3. The summed E-state index contributed by atoms with van der Waals surface area (Å²) in [6, 6.07) is 3.92. The van der Waals surface area contributed by atoms with E-state index in [-0.39, 0.29) is 17.1 Å². The van der Waals surface area contributed by atoms with Crippen LogP contribution < -0.4 is 0 Å². The van der Waals surface area contributed by atoms with Gasteiger partial charge in [-0.1, -0.05) is 73.4 Å². The third-order valence-corrected chi connectivity index (χ3v) is 18.9. The summed E-state index contributed by atoms with van der Waals surface area (Å²) in [6.07, 6.45) is 19.7. The molecule has 19 nitrogen and oxygen atoms in total. The summed E-state index contributed by atoms with van der Waals surface area (Å²) in [6.45, 7) is 25.4. The molecule has 2 aliphatic rings. The molecule has 0 bridgehead atoms. The number of ether oxygens (including phenoxy) is 1. The third kappa shape index (κ3) is 27.7. The Balaban J connectivity index is 0.000000254. The first kappa shape index (κ1) is 71.4. The topological polar surface area (TPSA) is 265 Å². The fourth-order valence-corrected chi connectivity index (χ4v) is 8.38. The molecule has 0 radical (unpaired) electrons. The second-order valence-electron chi connectivity index (χ2n) is 21.0. The van der Waals surface area contributed by atoms with Crippen molar-refractivity contribution in [3.05, 3.63) is 143 Å². The molecular weight excluding hydrogens is 1390 g/mol. The summed E-state index contributed by atoms with van der Waals surface area (Å²) in [5.41, 5.74) is 0.986. The van der Waals surface area contributed by atoms with Gasteiger partial charge in [0, 0.05) is 87.8 Å². The Morgan fingerprint density at radius 1 is 0.613 bits per heavy atom. The molecule has 5 N–H and O–H groups in total. The first-order valence-corrected chi connectivity index (χ1v) is 33.2. The Bertz CT molecular complexity index is 2650. The number of aliphatic hydroxyl groups excluding tert-OH is 5. The van der Waals surface area contributed by atoms with Crippen LogP contribution in [-0.4, -0.2) is 126 Å². The standard InChI is InChI=1S/C12H21BrN2O2Si.C10H13ClN2O.C9H13BrN2O.C8H9BrN2O.C8H11BrN2O.C7H9BrN2O/c1-12(2,3)18(4,5)17-8-10(16)11-14-6-9(13)7-15-11;11-10-7-9(1-2-12-10)8-13-3-5-14-6-4-13;1-9(2,3)7(13)8-11-4-6(10)5-12-8;9-6-3-10-8(11-4-6)7(12)5-1-2-5;1-2-3-7(12)8-10-4-6(9)5-11-8;1-2-6(11)7-9-3-5(8)4-10-7/h6-7,10,16H,8H2,1-5H3;1-2,7H,3-6,8H2;4-5,7,13H,1-3H3;3-5,7,12H,1-2H2;4-5,7,12H,2-3H2,1H3;3-4,6,11H,2H2,1H3. The normalized spacial score (nSPS) is 15.4. The molecule has 2 fully saturated rings. The molecule has 440 valence electrons. The van der Waals surface area contributed by atoms with Crippen LogP contribution in [0.2, 0.25) is 23.3 Å². The maximum absolute atomic E-state index is 10.00. The lowest BCUT2D eigenvalue weighted by molar-refractivity contribution is 0.0342. The Morgan fingerprint density at radius 2 is 1.01 bits per heavy atom. The molecule has 1 aliphatic heterocycles. The zero-order valence-corrected chi connectivity index (χ0v) is 56.6. The number of hydrogen-bond acceptors (Lipinski definition) is 19. The molecule has 7 heterocycles. The van der Waals surface area contributed by atoms with Crippen LogP contribution in [0.4, 0.5) is 0 Å². The Morgan fingerprint density at radius 3 is 1.39 bits per heavy atom. The van der Waals surface area contributed by atoms with Gasteiger partial charge in [0.15, 0.2) is 37.4 Å². The third-order valence-electron chi connectivity index (χ3n) is 12.2. The average molecular weight is 1470 g/mol. The van der Waals surface area contributed by atoms with Gasteiger partial charge in [0.2, 0.25) is 0 Å². The van der Waals surface area contributed by atoms with Gasteiger partial charge in [0.1, 0.15) is 35.7 Å². The van der Waals surface area contributed by atoms with Gasteiger partial charge < -0.3 is 34.7 Å². The molecule has 6 aromatic heterocycles. The van der Waals surface area contributed by atoms with Gasteiger partial charge in [-0.3, -0.25) is 4.90 Å². The predicted molar refractivity (Wildman–Crippen MR) is 329 cm³/mol. The Hall–Kier alpha value is -2.86. The minimum atomic E-state index is -1.84. The monoisotopic (exact) mass is 1460 g/mol. The molecule has 5 atom stereocenters. The van der Waals surface area contributed by atoms with Crippen LogP contribution in [0, 0.1) is 11.3 Å². The highest BCUT2D eigenvalue weighted by Gasteiger charge is 2.38. The fraction of sp³-hybridized carbons (Fsp3) is 0.537. The number of aliphatic hydroxyl groups is 5. The second kappa shape index (κ2) is 36.1. The minimum Gasteiger partial charge on any atom is -0.414 e. The van der Waals surface area contributed by atoms with Crippen molar-refractivity contribution in [2.45, 2.75) is 143 Å². The van der Waals surface area contributed by atoms with E-state index in [0.29, 0.717) is 53.0 Å². The van der Waals surface area contributed by atoms with Crippen LogP contribution in [0.25, 0.3) is 0 Å². The van der Waals surface area contributed by atoms with Crippen molar-refractivity contribution in [3.8, 4) is 0 Å². The van der Waals surface area contributed by atoms with Crippen molar-refractivity contribution in [1.82, 2.24) is 59.7 Å². The lowest BCUT2D eigenvalue weighted by Gasteiger charge is -2.36. The first-order chi connectivity index (χ1) is 37.6. The molecule has 26 heteroatoms. The molecule has 80 heavy (non-hydrogen) atoms. The van der Waals surface area contributed by atoms with E-state index in [9.17, 15) is 25.5 Å². The van der Waals surface area contributed by atoms with Gasteiger partial charge in [-0.15, -0.1) is 0 Å². The molecular formula is C54H76Br5ClN12O7Si. The van der Waals surface area contributed by atoms with Crippen molar-refractivity contribution >= 4 is 99.6 Å². The summed E-state index contributed by atoms with van der Waals surface area (Å²) in [5.74, 6) is 2.79. The number of hydrogen-bond donors (Lipinski definition) is 5. The van der Waals surface area contributed by atoms with E-state index in [1.54, 1.807) is 68.2 Å². The zero-order valence-electron chi connectivity index (χ0n) is 46.9. The predicted octanol–water partition coefficient (Wildman–Crippen LogP) is 12.6. The molecule has 8 rings (SSSR count). The fourth-order valence-electron chi connectivity index (χ4n) is 6.15. The van der Waals surface area contributed by atoms with E-state index in [2.05, 4.69) is 173 Å². The largest absolute Gasteiger partial charge is 0.414 e. The zero-order chi connectivity index (χ0) is 59.6. The summed E-state index contributed by atoms with van der Waals surface area (Å²) in [5, 5.41) is 48.9. The van der Waals surface area contributed by atoms with Gasteiger partial charge in [-0.05, 0) is 152 Å². The highest BCUT2D eigenvalue weighted by Crippen LogP contribution is 2.40. The molecule has 1 saturated heterocycles. The maximum Gasteiger partial charge on any atom is 0.192 e. The molecule has 0 aromatic carbocycles. The van der Waals surface area contributed by atoms with E-state index in [1.807, 2.05) is 46.8 Å². The van der Waals surface area contributed by atoms with Crippen LogP contribution in [0.5, 0.6) is 0 Å². The first-order valence-electron chi connectivity index (χ1n) is 26.0. The number of aromatic nitrogens is 11. The Labute approximate surface area is 519 Å². The molecule has 6 aromatic rings. The van der Waals surface area contributed by atoms with Gasteiger partial charge >= 0.3 is 0 Å². The lowest BCUT2D eigenvalue weighted by Crippen LogP contribution is -2.41. The molecule has 0 spiro atoms. The van der Waals surface area contributed by atoms with Crippen molar-refractivity contribution < 1.29 is 34.7 Å². The number of nitrogens with zero attached hydrogens (tertiary/aromatic N) is 12. The quantitative estimate of drug-likeness (QED) is 0.0501.